The molecule has 0 unspecified atom stereocenters. The Kier molecular flexibility index (Phi) is 5.51. The van der Waals surface area contributed by atoms with Crippen molar-refractivity contribution < 1.29 is 4.74 Å². The van der Waals surface area contributed by atoms with Gasteiger partial charge in [0.2, 0.25) is 0 Å². The van der Waals surface area contributed by atoms with Crippen LogP contribution in [0.3, 0.4) is 0 Å². The van der Waals surface area contributed by atoms with Crippen molar-refractivity contribution in [1.29, 1.82) is 0 Å². The van der Waals surface area contributed by atoms with Gasteiger partial charge in [0.15, 0.2) is 5.11 Å². The molecule has 3 rings (SSSR count). The number of aryl methyl sites for hydroxylation is 2. The van der Waals surface area contributed by atoms with Crippen LogP contribution in [0.15, 0.2) is 60.7 Å². The Bertz CT molecular complexity index is 892. The van der Waals surface area contributed by atoms with Gasteiger partial charge in [-0.1, -0.05) is 36.4 Å². The number of ether oxygens (including phenoxy) is 1. The molecule has 3 aromatic rings. The van der Waals surface area contributed by atoms with Gasteiger partial charge in [0.05, 0.1) is 6.54 Å². The van der Waals surface area contributed by atoms with E-state index in [1.54, 1.807) is 0 Å². The highest BCUT2D eigenvalue weighted by molar-refractivity contribution is 7.80. The normalized spacial score (nSPS) is 10.5. The van der Waals surface area contributed by atoms with E-state index in [2.05, 4.69) is 60.9 Å². The number of nitrogens with one attached hydrogen (secondary N) is 2. The molecule has 0 amide bonds. The van der Waals surface area contributed by atoms with E-state index < -0.39 is 0 Å². The van der Waals surface area contributed by atoms with Crippen molar-refractivity contribution >= 4 is 33.8 Å². The lowest BCUT2D eigenvalue weighted by Crippen LogP contribution is -2.31. The fourth-order valence-electron chi connectivity index (χ4n) is 2.59. The minimum Gasteiger partial charge on any atom is -0.492 e. The van der Waals surface area contributed by atoms with E-state index in [1.165, 1.54) is 21.9 Å². The molecule has 0 spiro atoms. The van der Waals surface area contributed by atoms with Crippen molar-refractivity contribution in [1.82, 2.24) is 5.32 Å². The maximum absolute atomic E-state index is 5.80. The fourth-order valence-corrected chi connectivity index (χ4v) is 2.81. The van der Waals surface area contributed by atoms with Crippen LogP contribution in [0.5, 0.6) is 5.75 Å². The van der Waals surface area contributed by atoms with E-state index in [1.807, 2.05) is 24.3 Å². The van der Waals surface area contributed by atoms with Gasteiger partial charge in [-0.15, -0.1) is 0 Å². The van der Waals surface area contributed by atoms with E-state index in [0.717, 1.165) is 11.4 Å². The number of hydrogen-bond acceptors (Lipinski definition) is 2. The Morgan fingerprint density at radius 1 is 0.920 bits per heavy atom. The van der Waals surface area contributed by atoms with Gasteiger partial charge in [-0.05, 0) is 72.2 Å². The number of anilines is 1. The molecule has 0 aliphatic heterocycles. The summed E-state index contributed by atoms with van der Waals surface area (Å²) < 4.78 is 5.80. The summed E-state index contributed by atoms with van der Waals surface area (Å²) in [6, 6.07) is 20.6. The van der Waals surface area contributed by atoms with E-state index in [-0.39, 0.29) is 0 Å². The third-order valence-electron chi connectivity index (χ3n) is 4.14. The molecule has 25 heavy (non-hydrogen) atoms. The first kappa shape index (κ1) is 17.2. The van der Waals surface area contributed by atoms with Gasteiger partial charge < -0.3 is 15.4 Å². The molecule has 0 saturated carbocycles. The third-order valence-corrected chi connectivity index (χ3v) is 4.39. The number of fused-ring (bicyclic) bond motifs is 1. The molecule has 128 valence electrons. The number of benzene rings is 3. The average Bonchev–Trinajstić information content (AvgIpc) is 2.62. The Balaban J connectivity index is 1.45. The van der Waals surface area contributed by atoms with Crippen molar-refractivity contribution in [2.75, 3.05) is 18.5 Å². The zero-order valence-corrected chi connectivity index (χ0v) is 15.3. The van der Waals surface area contributed by atoms with Crippen LogP contribution >= 0.6 is 12.2 Å². The zero-order valence-electron chi connectivity index (χ0n) is 14.5. The number of thiocarbonyl (C=S) groups is 1. The molecular formula is C21H22N2OS. The smallest absolute Gasteiger partial charge is 0.170 e. The van der Waals surface area contributed by atoms with E-state index >= 15 is 0 Å². The molecule has 0 aliphatic rings. The van der Waals surface area contributed by atoms with Crippen molar-refractivity contribution in [3.8, 4) is 5.75 Å². The molecule has 2 N–H and O–H groups in total. The maximum atomic E-state index is 5.80. The number of hydrogen-bond donors (Lipinski definition) is 2. The molecule has 0 aromatic heterocycles. The Labute approximate surface area is 154 Å². The fraction of sp³-hybridized carbons (Fsp3) is 0.190. The van der Waals surface area contributed by atoms with E-state index in [9.17, 15) is 0 Å². The molecule has 0 heterocycles. The molecule has 0 saturated heterocycles. The Morgan fingerprint density at radius 3 is 2.52 bits per heavy atom. The lowest BCUT2D eigenvalue weighted by atomic mass is 10.1. The van der Waals surface area contributed by atoms with Crippen LogP contribution in [0.2, 0.25) is 0 Å². The molecular weight excluding hydrogens is 328 g/mol. The predicted molar refractivity (Wildman–Crippen MR) is 110 cm³/mol. The topological polar surface area (TPSA) is 33.3 Å². The summed E-state index contributed by atoms with van der Waals surface area (Å²) in [6.45, 7) is 5.38. The summed E-state index contributed by atoms with van der Waals surface area (Å²) in [7, 11) is 0. The predicted octanol–water partition coefficient (Wildman–Crippen LogP) is 4.82. The summed E-state index contributed by atoms with van der Waals surface area (Å²) in [4.78, 5) is 0. The van der Waals surface area contributed by atoms with E-state index in [4.69, 9.17) is 17.0 Å². The second kappa shape index (κ2) is 7.99. The monoisotopic (exact) mass is 350 g/mol. The van der Waals surface area contributed by atoms with Gasteiger partial charge >= 0.3 is 0 Å². The van der Waals surface area contributed by atoms with Gasteiger partial charge in [-0.25, -0.2) is 0 Å². The van der Waals surface area contributed by atoms with Crippen molar-refractivity contribution in [2.45, 2.75) is 13.8 Å². The van der Waals surface area contributed by atoms with Crippen LogP contribution in [0.1, 0.15) is 11.1 Å². The Hall–Kier alpha value is -2.59. The molecule has 4 heteroatoms. The van der Waals surface area contributed by atoms with E-state index in [0.29, 0.717) is 18.3 Å². The van der Waals surface area contributed by atoms with Gasteiger partial charge in [0, 0.05) is 5.69 Å². The van der Waals surface area contributed by atoms with Crippen LogP contribution in [0.4, 0.5) is 5.69 Å². The maximum Gasteiger partial charge on any atom is 0.170 e. The zero-order chi connectivity index (χ0) is 17.6. The van der Waals surface area contributed by atoms with Crippen LogP contribution in [-0.4, -0.2) is 18.3 Å². The van der Waals surface area contributed by atoms with Crippen molar-refractivity contribution in [3.05, 3.63) is 71.8 Å². The van der Waals surface area contributed by atoms with Gasteiger partial charge in [-0.3, -0.25) is 0 Å². The van der Waals surface area contributed by atoms with Crippen LogP contribution in [0.25, 0.3) is 10.8 Å². The lowest BCUT2D eigenvalue weighted by molar-refractivity contribution is 0.323. The molecule has 0 atom stereocenters. The number of rotatable bonds is 5. The first-order valence-corrected chi connectivity index (χ1v) is 8.76. The quantitative estimate of drug-likeness (QED) is 0.510. The van der Waals surface area contributed by atoms with Gasteiger partial charge in [0.25, 0.3) is 0 Å². The molecule has 0 aliphatic carbocycles. The molecule has 3 nitrogen and oxygen atoms in total. The van der Waals surface area contributed by atoms with Gasteiger partial charge in [-0.2, -0.15) is 0 Å². The Morgan fingerprint density at radius 2 is 1.72 bits per heavy atom. The second-order valence-corrected chi connectivity index (χ2v) is 6.45. The third kappa shape index (κ3) is 4.70. The summed E-state index contributed by atoms with van der Waals surface area (Å²) in [5.74, 6) is 0.869. The van der Waals surface area contributed by atoms with Crippen molar-refractivity contribution in [2.24, 2.45) is 0 Å². The van der Waals surface area contributed by atoms with Crippen molar-refractivity contribution in [3.63, 3.8) is 0 Å². The molecule has 0 radical (unpaired) electrons. The molecule has 0 fully saturated rings. The summed E-state index contributed by atoms with van der Waals surface area (Å²) in [6.07, 6.45) is 0. The minimum atomic E-state index is 0.549. The summed E-state index contributed by atoms with van der Waals surface area (Å²) in [5, 5.41) is 9.36. The largest absolute Gasteiger partial charge is 0.492 e. The van der Waals surface area contributed by atoms with Gasteiger partial charge in [0.1, 0.15) is 12.4 Å². The van der Waals surface area contributed by atoms with Crippen LogP contribution in [-0.2, 0) is 0 Å². The highest BCUT2D eigenvalue weighted by Crippen LogP contribution is 2.20. The highest BCUT2D eigenvalue weighted by Gasteiger charge is 2.00. The minimum absolute atomic E-state index is 0.549. The highest BCUT2D eigenvalue weighted by atomic mass is 32.1. The molecule has 0 bridgehead atoms. The molecule has 3 aromatic carbocycles. The standard InChI is InChI=1S/C21H22N2OS/c1-15-7-9-19(13-16(15)2)23-21(25)22-11-12-24-20-10-8-17-5-3-4-6-18(17)14-20/h3-10,13-14H,11-12H2,1-2H3,(H2,22,23,25). The lowest BCUT2D eigenvalue weighted by Gasteiger charge is -2.12. The van der Waals surface area contributed by atoms with Crippen LogP contribution in [0, 0.1) is 13.8 Å². The summed E-state index contributed by atoms with van der Waals surface area (Å²) >= 11 is 5.33. The SMILES string of the molecule is Cc1ccc(NC(=S)NCCOc2ccc3ccccc3c2)cc1C. The first-order valence-electron chi connectivity index (χ1n) is 8.35. The summed E-state index contributed by atoms with van der Waals surface area (Å²) in [5.41, 5.74) is 3.51. The second-order valence-electron chi connectivity index (χ2n) is 6.04. The average molecular weight is 350 g/mol. The van der Waals surface area contributed by atoms with Crippen LogP contribution < -0.4 is 15.4 Å². The first-order chi connectivity index (χ1) is 12.1.